The van der Waals surface area contributed by atoms with Crippen LogP contribution in [0.3, 0.4) is 0 Å². The van der Waals surface area contributed by atoms with E-state index in [-0.39, 0.29) is 18.2 Å². The number of nitro benzene ring substituents is 1. The van der Waals surface area contributed by atoms with Crippen molar-refractivity contribution >= 4 is 11.6 Å². The SMILES string of the molecule is CCN(CC)C(=O)COc1ccc([N+](=O)[O-])cc1-c1ccc(OC)cc1. The van der Waals surface area contributed by atoms with Gasteiger partial charge in [0.1, 0.15) is 11.5 Å². The highest BCUT2D eigenvalue weighted by Crippen LogP contribution is 2.34. The van der Waals surface area contributed by atoms with Crippen molar-refractivity contribution in [3.63, 3.8) is 0 Å². The number of carbonyl (C=O) groups is 1. The van der Waals surface area contributed by atoms with Crippen LogP contribution >= 0.6 is 0 Å². The molecular weight excluding hydrogens is 336 g/mol. The Morgan fingerprint density at radius 3 is 2.31 bits per heavy atom. The number of likely N-dealkylation sites (N-methyl/N-ethyl adjacent to an activating group) is 1. The van der Waals surface area contributed by atoms with Crippen LogP contribution in [-0.2, 0) is 4.79 Å². The van der Waals surface area contributed by atoms with E-state index >= 15 is 0 Å². The molecule has 0 aliphatic rings. The van der Waals surface area contributed by atoms with Crippen molar-refractivity contribution in [1.82, 2.24) is 4.90 Å². The number of nitro groups is 1. The zero-order chi connectivity index (χ0) is 19.1. The Bertz CT molecular complexity index is 770. The first-order chi connectivity index (χ1) is 12.5. The highest BCUT2D eigenvalue weighted by atomic mass is 16.6. The molecule has 0 saturated carbocycles. The Balaban J connectivity index is 2.32. The molecule has 2 aromatic carbocycles. The molecule has 0 aliphatic heterocycles. The first kappa shape index (κ1) is 19.2. The fourth-order valence-corrected chi connectivity index (χ4v) is 2.56. The fourth-order valence-electron chi connectivity index (χ4n) is 2.56. The third kappa shape index (κ3) is 4.50. The first-order valence-corrected chi connectivity index (χ1v) is 8.33. The summed E-state index contributed by atoms with van der Waals surface area (Å²) in [6.45, 7) is 4.88. The van der Waals surface area contributed by atoms with Crippen LogP contribution in [0.25, 0.3) is 11.1 Å². The minimum atomic E-state index is -0.460. The molecule has 0 heterocycles. The van der Waals surface area contributed by atoms with Gasteiger partial charge in [-0.2, -0.15) is 0 Å². The van der Waals surface area contributed by atoms with Crippen molar-refractivity contribution in [2.24, 2.45) is 0 Å². The lowest BCUT2D eigenvalue weighted by Gasteiger charge is -2.19. The molecule has 0 radical (unpaired) electrons. The van der Waals surface area contributed by atoms with Gasteiger partial charge in [-0.3, -0.25) is 14.9 Å². The molecule has 138 valence electrons. The second-order valence-electron chi connectivity index (χ2n) is 5.52. The number of hydrogen-bond acceptors (Lipinski definition) is 5. The third-order valence-corrected chi connectivity index (χ3v) is 4.04. The average Bonchev–Trinajstić information content (AvgIpc) is 2.67. The van der Waals surface area contributed by atoms with Crippen LogP contribution in [0.2, 0.25) is 0 Å². The van der Waals surface area contributed by atoms with E-state index in [4.69, 9.17) is 9.47 Å². The largest absolute Gasteiger partial charge is 0.497 e. The minimum Gasteiger partial charge on any atom is -0.497 e. The van der Waals surface area contributed by atoms with Crippen molar-refractivity contribution in [3.05, 3.63) is 52.6 Å². The zero-order valence-electron chi connectivity index (χ0n) is 15.1. The van der Waals surface area contributed by atoms with Crippen LogP contribution in [0.15, 0.2) is 42.5 Å². The van der Waals surface area contributed by atoms with E-state index in [1.165, 1.54) is 18.2 Å². The van der Waals surface area contributed by atoms with E-state index in [1.54, 1.807) is 36.3 Å². The number of amides is 1. The van der Waals surface area contributed by atoms with Gasteiger partial charge >= 0.3 is 0 Å². The normalized spacial score (nSPS) is 10.3. The quantitative estimate of drug-likeness (QED) is 0.533. The summed E-state index contributed by atoms with van der Waals surface area (Å²) >= 11 is 0. The average molecular weight is 358 g/mol. The summed E-state index contributed by atoms with van der Waals surface area (Å²) in [6, 6.07) is 11.4. The van der Waals surface area contributed by atoms with Gasteiger partial charge in [-0.15, -0.1) is 0 Å². The lowest BCUT2D eigenvalue weighted by molar-refractivity contribution is -0.384. The van der Waals surface area contributed by atoms with Crippen molar-refractivity contribution in [2.45, 2.75) is 13.8 Å². The van der Waals surface area contributed by atoms with Crippen LogP contribution in [0.1, 0.15) is 13.8 Å². The molecular formula is C19H22N2O5. The number of methoxy groups -OCH3 is 1. The second-order valence-corrected chi connectivity index (χ2v) is 5.52. The first-order valence-electron chi connectivity index (χ1n) is 8.33. The van der Waals surface area contributed by atoms with Gasteiger partial charge in [0.2, 0.25) is 0 Å². The monoisotopic (exact) mass is 358 g/mol. The van der Waals surface area contributed by atoms with Crippen molar-refractivity contribution < 1.29 is 19.2 Å². The molecule has 2 rings (SSSR count). The summed E-state index contributed by atoms with van der Waals surface area (Å²) < 4.78 is 10.8. The summed E-state index contributed by atoms with van der Waals surface area (Å²) in [5, 5.41) is 11.1. The molecule has 26 heavy (non-hydrogen) atoms. The number of non-ortho nitro benzene ring substituents is 1. The lowest BCUT2D eigenvalue weighted by Crippen LogP contribution is -2.34. The molecule has 0 atom stereocenters. The topological polar surface area (TPSA) is 81.9 Å². The molecule has 2 aromatic rings. The van der Waals surface area contributed by atoms with E-state index in [0.29, 0.717) is 30.2 Å². The van der Waals surface area contributed by atoms with Gasteiger partial charge in [0.05, 0.1) is 12.0 Å². The van der Waals surface area contributed by atoms with Gasteiger partial charge in [0.25, 0.3) is 11.6 Å². The zero-order valence-corrected chi connectivity index (χ0v) is 15.1. The number of carbonyl (C=O) groups excluding carboxylic acids is 1. The molecule has 7 nitrogen and oxygen atoms in total. The molecule has 0 bridgehead atoms. The Morgan fingerprint density at radius 2 is 1.77 bits per heavy atom. The highest BCUT2D eigenvalue weighted by molar-refractivity contribution is 5.79. The second kappa shape index (κ2) is 8.84. The van der Waals surface area contributed by atoms with Gasteiger partial charge in [0, 0.05) is 30.8 Å². The van der Waals surface area contributed by atoms with Gasteiger partial charge in [0.15, 0.2) is 6.61 Å². The van der Waals surface area contributed by atoms with E-state index < -0.39 is 4.92 Å². The molecule has 7 heteroatoms. The predicted octanol–water partition coefficient (Wildman–Crippen LogP) is 3.52. The number of nitrogens with zero attached hydrogens (tertiary/aromatic N) is 2. The summed E-state index contributed by atoms with van der Waals surface area (Å²) in [5.41, 5.74) is 1.24. The lowest BCUT2D eigenvalue weighted by atomic mass is 10.0. The van der Waals surface area contributed by atoms with Crippen LogP contribution in [0, 0.1) is 10.1 Å². The van der Waals surface area contributed by atoms with E-state index in [1.807, 2.05) is 13.8 Å². The summed E-state index contributed by atoms with van der Waals surface area (Å²) in [7, 11) is 1.57. The molecule has 1 amide bonds. The molecule has 0 N–H and O–H groups in total. The molecule has 0 aliphatic carbocycles. The van der Waals surface area contributed by atoms with Gasteiger partial charge in [-0.05, 0) is 37.6 Å². The summed E-state index contributed by atoms with van der Waals surface area (Å²) in [4.78, 5) is 24.5. The Hall–Kier alpha value is -3.09. The third-order valence-electron chi connectivity index (χ3n) is 4.04. The Morgan fingerprint density at radius 1 is 1.12 bits per heavy atom. The molecule has 0 spiro atoms. The molecule has 0 fully saturated rings. The number of rotatable bonds is 8. The minimum absolute atomic E-state index is 0.0433. The standard InChI is InChI=1S/C19H22N2O5/c1-4-20(5-2)19(22)13-26-18-11-8-15(21(23)24)12-17(18)14-6-9-16(25-3)10-7-14/h6-12H,4-5,13H2,1-3H3. The van der Waals surface area contributed by atoms with Gasteiger partial charge < -0.3 is 14.4 Å². The summed E-state index contributed by atoms with van der Waals surface area (Å²) in [5.74, 6) is 0.966. The molecule has 0 unspecified atom stereocenters. The maximum absolute atomic E-state index is 12.2. The smallest absolute Gasteiger partial charge is 0.270 e. The van der Waals surface area contributed by atoms with Gasteiger partial charge in [-0.25, -0.2) is 0 Å². The van der Waals surface area contributed by atoms with Crippen LogP contribution in [0.5, 0.6) is 11.5 Å². The number of hydrogen-bond donors (Lipinski definition) is 0. The fraction of sp³-hybridized carbons (Fsp3) is 0.316. The molecule has 0 aromatic heterocycles. The van der Waals surface area contributed by atoms with Crippen LogP contribution in [0.4, 0.5) is 5.69 Å². The van der Waals surface area contributed by atoms with Crippen molar-refractivity contribution in [1.29, 1.82) is 0 Å². The maximum Gasteiger partial charge on any atom is 0.270 e. The van der Waals surface area contributed by atoms with Crippen LogP contribution in [-0.4, -0.2) is 42.5 Å². The number of ether oxygens (including phenoxy) is 2. The van der Waals surface area contributed by atoms with E-state index in [9.17, 15) is 14.9 Å². The maximum atomic E-state index is 12.2. The Labute approximate surface area is 152 Å². The van der Waals surface area contributed by atoms with E-state index in [0.717, 1.165) is 5.56 Å². The predicted molar refractivity (Wildman–Crippen MR) is 98.5 cm³/mol. The highest BCUT2D eigenvalue weighted by Gasteiger charge is 2.16. The Kier molecular flexibility index (Phi) is 6.54. The summed E-state index contributed by atoms with van der Waals surface area (Å²) in [6.07, 6.45) is 0. The number of benzene rings is 2. The molecule has 0 saturated heterocycles. The van der Waals surface area contributed by atoms with Crippen LogP contribution < -0.4 is 9.47 Å². The van der Waals surface area contributed by atoms with Gasteiger partial charge in [-0.1, -0.05) is 12.1 Å². The van der Waals surface area contributed by atoms with E-state index in [2.05, 4.69) is 0 Å². The van der Waals surface area contributed by atoms with Crippen molar-refractivity contribution in [3.8, 4) is 22.6 Å². The van der Waals surface area contributed by atoms with Crippen molar-refractivity contribution in [2.75, 3.05) is 26.8 Å².